The summed E-state index contributed by atoms with van der Waals surface area (Å²) in [5.41, 5.74) is 0.973. The van der Waals surface area contributed by atoms with Gasteiger partial charge < -0.3 is 14.8 Å². The van der Waals surface area contributed by atoms with Crippen molar-refractivity contribution in [2.75, 3.05) is 6.61 Å². The van der Waals surface area contributed by atoms with Crippen molar-refractivity contribution in [3.63, 3.8) is 0 Å². The second-order valence-corrected chi connectivity index (χ2v) is 3.49. The molecule has 0 spiro atoms. The molecule has 0 radical (unpaired) electrons. The van der Waals surface area contributed by atoms with Gasteiger partial charge in [-0.2, -0.15) is 0 Å². The van der Waals surface area contributed by atoms with Crippen LogP contribution in [0.2, 0.25) is 0 Å². The monoisotopic (exact) mass is 214 g/mol. The van der Waals surface area contributed by atoms with Gasteiger partial charge in [0, 0.05) is 13.0 Å². The molecule has 1 aromatic heterocycles. The molecule has 2 N–H and O–H groups in total. The Kier molecular flexibility index (Phi) is 2.28. The lowest BCUT2D eigenvalue weighted by Gasteiger charge is -2.03. The molecule has 1 aliphatic heterocycles. The maximum atomic E-state index is 10.4. The van der Waals surface area contributed by atoms with E-state index in [2.05, 4.69) is 4.98 Å². The van der Waals surface area contributed by atoms with Crippen LogP contribution in [-0.2, 0) is 17.8 Å². The molecule has 0 bridgehead atoms. The first-order valence-corrected chi connectivity index (χ1v) is 4.75. The fraction of sp³-hybridized carbons (Fsp3) is 0.500. The van der Waals surface area contributed by atoms with Crippen LogP contribution in [0.15, 0.2) is 0 Å². The predicted octanol–water partition coefficient (Wildman–Crippen LogP) is 0.955. The number of rotatable bonds is 3. The number of ether oxygens (including phenoxy) is 1. The number of aromatic nitrogens is 2. The molecular formula is C8H10N2O3S. The van der Waals surface area contributed by atoms with Crippen molar-refractivity contribution in [2.24, 2.45) is 0 Å². The predicted molar refractivity (Wildman–Crippen MR) is 51.1 cm³/mol. The number of carbonyl (C=O) groups is 1. The molecule has 0 saturated heterocycles. The molecule has 1 aromatic rings. The van der Waals surface area contributed by atoms with Gasteiger partial charge in [0.2, 0.25) is 5.88 Å². The number of carboxylic acids is 1. The largest absolute Gasteiger partial charge is 0.481 e. The number of carboxylic acid groups (broad SMARTS) is 1. The van der Waals surface area contributed by atoms with Crippen molar-refractivity contribution in [3.05, 3.63) is 10.5 Å². The SMILES string of the molecule is O=C(O)CCn1c2c([nH]c1=S)CCO2. The number of H-pyrrole nitrogens is 1. The Morgan fingerprint density at radius 1 is 1.71 bits per heavy atom. The Bertz CT molecular complexity index is 421. The van der Waals surface area contributed by atoms with Crippen molar-refractivity contribution in [2.45, 2.75) is 19.4 Å². The lowest BCUT2D eigenvalue weighted by atomic mass is 10.4. The summed E-state index contributed by atoms with van der Waals surface area (Å²) in [4.78, 5) is 13.4. The summed E-state index contributed by atoms with van der Waals surface area (Å²) < 4.78 is 7.59. The van der Waals surface area contributed by atoms with Crippen molar-refractivity contribution in [1.82, 2.24) is 9.55 Å². The van der Waals surface area contributed by atoms with E-state index < -0.39 is 5.97 Å². The molecule has 0 fully saturated rings. The molecule has 0 atom stereocenters. The third-order valence-corrected chi connectivity index (χ3v) is 2.47. The highest BCUT2D eigenvalue weighted by Gasteiger charge is 2.19. The van der Waals surface area contributed by atoms with Gasteiger partial charge in [0.05, 0.1) is 18.7 Å². The van der Waals surface area contributed by atoms with E-state index in [0.717, 1.165) is 12.1 Å². The standard InChI is InChI=1S/C8H10N2O3S/c11-6(12)1-3-10-7-5(2-4-13-7)9-8(10)14/h1-4H2,(H,9,14)(H,11,12). The lowest BCUT2D eigenvalue weighted by Crippen LogP contribution is -2.06. The molecular weight excluding hydrogens is 204 g/mol. The Balaban J connectivity index is 2.24. The Hall–Kier alpha value is -1.30. The van der Waals surface area contributed by atoms with Gasteiger partial charge in [-0.05, 0) is 12.2 Å². The zero-order valence-corrected chi connectivity index (χ0v) is 8.26. The quantitative estimate of drug-likeness (QED) is 0.735. The van der Waals surface area contributed by atoms with Crippen LogP contribution < -0.4 is 4.74 Å². The molecule has 6 heteroatoms. The summed E-state index contributed by atoms with van der Waals surface area (Å²) in [5, 5.41) is 8.55. The number of aliphatic carboxylic acids is 1. The Morgan fingerprint density at radius 2 is 2.50 bits per heavy atom. The van der Waals surface area contributed by atoms with Crippen LogP contribution in [-0.4, -0.2) is 27.2 Å². The summed E-state index contributed by atoms with van der Waals surface area (Å²) in [5.74, 6) is -0.129. The first-order chi connectivity index (χ1) is 6.68. The number of aromatic amines is 1. The van der Waals surface area contributed by atoms with E-state index in [1.165, 1.54) is 0 Å². The van der Waals surface area contributed by atoms with Crippen LogP contribution in [0.5, 0.6) is 5.88 Å². The number of hydrogen-bond donors (Lipinski definition) is 2. The summed E-state index contributed by atoms with van der Waals surface area (Å²) in [6.07, 6.45) is 0.876. The van der Waals surface area contributed by atoms with E-state index in [-0.39, 0.29) is 6.42 Å². The van der Waals surface area contributed by atoms with Crippen molar-refractivity contribution < 1.29 is 14.6 Å². The van der Waals surface area contributed by atoms with Crippen molar-refractivity contribution in [3.8, 4) is 5.88 Å². The molecule has 0 amide bonds. The van der Waals surface area contributed by atoms with Crippen LogP contribution in [0.1, 0.15) is 12.1 Å². The number of hydrogen-bond acceptors (Lipinski definition) is 3. The molecule has 0 aromatic carbocycles. The number of nitrogens with one attached hydrogen (secondary N) is 1. The third-order valence-electron chi connectivity index (χ3n) is 2.15. The second-order valence-electron chi connectivity index (χ2n) is 3.11. The van der Waals surface area contributed by atoms with E-state index >= 15 is 0 Å². The molecule has 5 nitrogen and oxygen atoms in total. The minimum atomic E-state index is -0.833. The van der Waals surface area contributed by atoms with E-state index in [0.29, 0.717) is 23.8 Å². The molecule has 2 rings (SSSR count). The molecule has 76 valence electrons. The van der Waals surface area contributed by atoms with Gasteiger partial charge in [-0.1, -0.05) is 0 Å². The van der Waals surface area contributed by atoms with Gasteiger partial charge in [-0.15, -0.1) is 0 Å². The smallest absolute Gasteiger partial charge is 0.305 e. The van der Waals surface area contributed by atoms with Gasteiger partial charge in [0.15, 0.2) is 4.77 Å². The van der Waals surface area contributed by atoms with E-state index in [1.54, 1.807) is 4.57 Å². The summed E-state index contributed by atoms with van der Waals surface area (Å²) in [6, 6.07) is 0. The number of imidazole rings is 1. The van der Waals surface area contributed by atoms with Gasteiger partial charge >= 0.3 is 5.97 Å². The summed E-state index contributed by atoms with van der Waals surface area (Å²) >= 11 is 5.05. The lowest BCUT2D eigenvalue weighted by molar-refractivity contribution is -0.137. The number of fused-ring (bicyclic) bond motifs is 1. The first-order valence-electron chi connectivity index (χ1n) is 4.35. The zero-order chi connectivity index (χ0) is 10.1. The normalized spacial score (nSPS) is 13.7. The number of nitrogens with zero attached hydrogens (tertiary/aromatic N) is 1. The maximum Gasteiger partial charge on any atom is 0.305 e. The molecule has 1 aliphatic rings. The third kappa shape index (κ3) is 1.52. The van der Waals surface area contributed by atoms with Crippen LogP contribution in [0.3, 0.4) is 0 Å². The van der Waals surface area contributed by atoms with Crippen LogP contribution in [0.4, 0.5) is 0 Å². The minimum absolute atomic E-state index is 0.0575. The molecule has 0 aliphatic carbocycles. The summed E-state index contributed by atoms with van der Waals surface area (Å²) in [6.45, 7) is 1.00. The van der Waals surface area contributed by atoms with Crippen molar-refractivity contribution in [1.29, 1.82) is 0 Å². The van der Waals surface area contributed by atoms with Gasteiger partial charge in [0.25, 0.3) is 0 Å². The van der Waals surface area contributed by atoms with Crippen LogP contribution >= 0.6 is 12.2 Å². The molecule has 14 heavy (non-hydrogen) atoms. The maximum absolute atomic E-state index is 10.4. The zero-order valence-electron chi connectivity index (χ0n) is 7.45. The first kappa shape index (κ1) is 9.26. The van der Waals surface area contributed by atoms with Gasteiger partial charge in [-0.3, -0.25) is 9.36 Å². The average Bonchev–Trinajstić information content (AvgIpc) is 2.61. The highest BCUT2D eigenvalue weighted by molar-refractivity contribution is 7.71. The molecule has 0 unspecified atom stereocenters. The Morgan fingerprint density at radius 3 is 3.21 bits per heavy atom. The van der Waals surface area contributed by atoms with Crippen molar-refractivity contribution >= 4 is 18.2 Å². The highest BCUT2D eigenvalue weighted by atomic mass is 32.1. The highest BCUT2D eigenvalue weighted by Crippen LogP contribution is 2.24. The van der Waals surface area contributed by atoms with Gasteiger partial charge in [-0.25, -0.2) is 0 Å². The fourth-order valence-electron chi connectivity index (χ4n) is 1.50. The Labute approximate surface area is 85.3 Å². The second kappa shape index (κ2) is 3.45. The van der Waals surface area contributed by atoms with Crippen LogP contribution in [0.25, 0.3) is 0 Å². The minimum Gasteiger partial charge on any atom is -0.481 e. The molecule has 2 heterocycles. The van der Waals surface area contributed by atoms with Gasteiger partial charge in [0.1, 0.15) is 0 Å². The fourth-order valence-corrected chi connectivity index (χ4v) is 1.80. The van der Waals surface area contributed by atoms with E-state index in [1.807, 2.05) is 0 Å². The average molecular weight is 214 g/mol. The van der Waals surface area contributed by atoms with Crippen LogP contribution in [0, 0.1) is 4.77 Å². The van der Waals surface area contributed by atoms with E-state index in [9.17, 15) is 4.79 Å². The molecule has 0 saturated carbocycles. The summed E-state index contributed by atoms with van der Waals surface area (Å²) in [7, 11) is 0. The van der Waals surface area contributed by atoms with E-state index in [4.69, 9.17) is 22.1 Å². The topological polar surface area (TPSA) is 67.2 Å².